The lowest BCUT2D eigenvalue weighted by molar-refractivity contribution is 0.0440. The number of fused-ring (bicyclic) bond motifs is 4. The van der Waals surface area contributed by atoms with E-state index >= 15 is 0 Å². The van der Waals surface area contributed by atoms with Crippen molar-refractivity contribution < 1.29 is 18.7 Å². The van der Waals surface area contributed by atoms with Crippen LogP contribution in [0, 0.1) is 11.6 Å². The molecule has 0 radical (unpaired) electrons. The maximum Gasteiger partial charge on any atom is 0.278 e. The zero-order valence-electron chi connectivity index (χ0n) is 18.9. The van der Waals surface area contributed by atoms with Crippen molar-refractivity contribution in [3.05, 3.63) is 99.0 Å². The Kier molecular flexibility index (Phi) is 5.38. The predicted molar refractivity (Wildman–Crippen MR) is 123 cm³/mol. The van der Waals surface area contributed by atoms with Gasteiger partial charge in [-0.2, -0.15) is 0 Å². The number of benzene rings is 2. The molecule has 0 saturated carbocycles. The molecule has 0 unspecified atom stereocenters. The average Bonchev–Trinajstić information content (AvgIpc) is 2.80. The summed E-state index contributed by atoms with van der Waals surface area (Å²) >= 11 is 0. The van der Waals surface area contributed by atoms with Gasteiger partial charge in [0.1, 0.15) is 6.17 Å². The van der Waals surface area contributed by atoms with Gasteiger partial charge in [-0.3, -0.25) is 19.3 Å². The zero-order valence-corrected chi connectivity index (χ0v) is 18.9. The summed E-state index contributed by atoms with van der Waals surface area (Å²) in [6.45, 7) is 3.76. The molecule has 0 fully saturated rings. The Morgan fingerprint density at radius 2 is 1.74 bits per heavy atom. The highest BCUT2D eigenvalue weighted by atomic mass is 19.2. The van der Waals surface area contributed by atoms with E-state index in [4.69, 9.17) is 0 Å². The largest absolute Gasteiger partial charge is 0.502 e. The number of rotatable bonds is 2. The maximum absolute atomic E-state index is 14.6. The monoisotopic (exact) mass is 465 g/mol. The summed E-state index contributed by atoms with van der Waals surface area (Å²) in [5.41, 5.74) is 1.29. The number of aromatic hydroxyl groups is 1. The lowest BCUT2D eigenvalue weighted by atomic mass is 9.88. The number of halogens is 2. The molecular formula is C26H25F2N3O3. The molecule has 3 aromatic rings. The number of hydrogen-bond donors (Lipinski definition) is 1. The van der Waals surface area contributed by atoms with Gasteiger partial charge in [0.2, 0.25) is 5.43 Å². The van der Waals surface area contributed by atoms with E-state index in [1.165, 1.54) is 29.1 Å². The summed E-state index contributed by atoms with van der Waals surface area (Å²) in [6, 6.07) is 12.2. The van der Waals surface area contributed by atoms with Crippen LogP contribution in [-0.2, 0) is 6.42 Å². The first-order valence-corrected chi connectivity index (χ1v) is 11.4. The smallest absolute Gasteiger partial charge is 0.278 e. The Bertz CT molecular complexity index is 1320. The molecule has 2 aliphatic heterocycles. The zero-order chi connectivity index (χ0) is 24.1. The van der Waals surface area contributed by atoms with Crippen LogP contribution in [0.5, 0.6) is 5.75 Å². The van der Waals surface area contributed by atoms with E-state index in [-0.39, 0.29) is 11.7 Å². The van der Waals surface area contributed by atoms with Gasteiger partial charge < -0.3 is 10.0 Å². The number of aryl methyl sites for hydroxylation is 1. The molecule has 1 amide bonds. The van der Waals surface area contributed by atoms with Gasteiger partial charge in [-0.1, -0.05) is 30.3 Å². The molecular weight excluding hydrogens is 440 g/mol. The highest BCUT2D eigenvalue weighted by Crippen LogP contribution is 2.40. The molecule has 1 aromatic heterocycles. The van der Waals surface area contributed by atoms with E-state index in [2.05, 4.69) is 0 Å². The molecule has 34 heavy (non-hydrogen) atoms. The highest BCUT2D eigenvalue weighted by Gasteiger charge is 2.45. The number of pyridine rings is 1. The van der Waals surface area contributed by atoms with Crippen LogP contribution in [0.4, 0.5) is 8.78 Å². The lowest BCUT2D eigenvalue weighted by Crippen LogP contribution is -2.64. The van der Waals surface area contributed by atoms with Crippen LogP contribution in [0.25, 0.3) is 0 Å². The van der Waals surface area contributed by atoms with Crippen molar-refractivity contribution in [3.63, 3.8) is 0 Å². The van der Waals surface area contributed by atoms with Crippen LogP contribution >= 0.6 is 0 Å². The summed E-state index contributed by atoms with van der Waals surface area (Å²) in [5, 5.41) is 12.5. The van der Waals surface area contributed by atoms with Crippen molar-refractivity contribution in [2.24, 2.45) is 0 Å². The minimum atomic E-state index is -0.950. The minimum absolute atomic E-state index is 0.136. The lowest BCUT2D eigenvalue weighted by Gasteiger charge is -2.52. The maximum atomic E-state index is 14.6. The van der Waals surface area contributed by atoms with Gasteiger partial charge in [-0.05, 0) is 61.9 Å². The Balaban J connectivity index is 1.86. The first kappa shape index (κ1) is 22.1. The van der Waals surface area contributed by atoms with Gasteiger partial charge in [-0.15, -0.1) is 0 Å². The fourth-order valence-corrected chi connectivity index (χ4v) is 5.24. The molecule has 176 valence electrons. The molecule has 2 aliphatic rings. The number of amides is 1. The second-order valence-electron chi connectivity index (χ2n) is 9.06. The summed E-state index contributed by atoms with van der Waals surface area (Å²) in [6.07, 6.45) is 2.77. The Morgan fingerprint density at radius 1 is 1.03 bits per heavy atom. The molecule has 2 aromatic carbocycles. The van der Waals surface area contributed by atoms with E-state index < -0.39 is 40.9 Å². The number of hydrogen-bond acceptors (Lipinski definition) is 4. The average molecular weight is 466 g/mol. The highest BCUT2D eigenvalue weighted by molar-refractivity contribution is 5.96. The molecule has 8 heteroatoms. The van der Waals surface area contributed by atoms with Crippen molar-refractivity contribution in [3.8, 4) is 5.75 Å². The third-order valence-electron chi connectivity index (χ3n) is 6.69. The fraction of sp³-hybridized carbons (Fsp3) is 0.308. The third kappa shape index (κ3) is 3.36. The van der Waals surface area contributed by atoms with E-state index in [0.29, 0.717) is 30.4 Å². The normalized spacial score (nSPS) is 19.9. The number of carbonyl (C=O) groups is 1. The predicted octanol–water partition coefficient (Wildman–Crippen LogP) is 4.09. The Morgan fingerprint density at radius 3 is 2.44 bits per heavy atom. The molecule has 2 atom stereocenters. The van der Waals surface area contributed by atoms with E-state index in [9.17, 15) is 23.5 Å². The molecule has 6 nitrogen and oxygen atoms in total. The van der Waals surface area contributed by atoms with Crippen molar-refractivity contribution in [1.29, 1.82) is 0 Å². The summed E-state index contributed by atoms with van der Waals surface area (Å²) in [7, 11) is 0. The van der Waals surface area contributed by atoms with Crippen LogP contribution < -0.4 is 10.4 Å². The topological polar surface area (TPSA) is 65.8 Å². The third-order valence-corrected chi connectivity index (χ3v) is 6.69. The summed E-state index contributed by atoms with van der Waals surface area (Å²) < 4.78 is 30.3. The van der Waals surface area contributed by atoms with Gasteiger partial charge >= 0.3 is 0 Å². The Hall–Kier alpha value is -3.68. The van der Waals surface area contributed by atoms with E-state index in [1.807, 2.05) is 49.2 Å². The SMILES string of the molecule is CC(C)N1C(=O)c2c(O)c(=O)ccn2N2[C@@H](c3ccccc3)c3cc(F)c(F)cc3CCC[C@H]12. The molecule has 3 heterocycles. The van der Waals surface area contributed by atoms with Crippen LogP contribution in [0.3, 0.4) is 0 Å². The van der Waals surface area contributed by atoms with Gasteiger partial charge in [0.15, 0.2) is 23.1 Å². The van der Waals surface area contributed by atoms with E-state index in [1.54, 1.807) is 4.90 Å². The van der Waals surface area contributed by atoms with Crippen LogP contribution in [-0.4, -0.2) is 32.8 Å². The standard InChI is InChI=1S/C26H25F2N3O3/c1-15(2)30-22-10-6-9-17-13-19(27)20(28)14-18(17)23(16-7-4-3-5-8-16)31(22)29-12-11-21(32)25(33)24(29)26(30)34/h3-5,7-8,11-15,22-23,33H,6,9-10H2,1-2H3/t22-,23+/m1/s1. The van der Waals surface area contributed by atoms with Gasteiger partial charge in [0.25, 0.3) is 5.91 Å². The first-order valence-electron chi connectivity index (χ1n) is 11.4. The van der Waals surface area contributed by atoms with Crippen LogP contribution in [0.1, 0.15) is 59.9 Å². The van der Waals surface area contributed by atoms with E-state index in [0.717, 1.165) is 5.56 Å². The van der Waals surface area contributed by atoms with Gasteiger partial charge in [0, 0.05) is 18.3 Å². The Labute approximate surface area is 195 Å². The molecule has 1 N–H and O–H groups in total. The molecule has 0 saturated heterocycles. The van der Waals surface area contributed by atoms with Crippen molar-refractivity contribution in [2.75, 3.05) is 5.01 Å². The van der Waals surface area contributed by atoms with Gasteiger partial charge in [0.05, 0.1) is 6.04 Å². The summed E-state index contributed by atoms with van der Waals surface area (Å²) in [4.78, 5) is 27.5. The number of aromatic nitrogens is 1. The molecule has 0 spiro atoms. The quantitative estimate of drug-likeness (QED) is 0.619. The molecule has 0 aliphatic carbocycles. The van der Waals surface area contributed by atoms with Gasteiger partial charge in [-0.25, -0.2) is 8.78 Å². The van der Waals surface area contributed by atoms with Crippen LogP contribution in [0.15, 0.2) is 59.5 Å². The minimum Gasteiger partial charge on any atom is -0.502 e. The molecule has 5 rings (SSSR count). The first-order chi connectivity index (χ1) is 16.3. The summed E-state index contributed by atoms with van der Waals surface area (Å²) in [5.74, 6) is -2.92. The second-order valence-corrected chi connectivity index (χ2v) is 9.06. The fourth-order valence-electron chi connectivity index (χ4n) is 5.24. The number of carbonyl (C=O) groups excluding carboxylic acids is 1. The van der Waals surface area contributed by atoms with Crippen molar-refractivity contribution in [2.45, 2.75) is 51.4 Å². The second kappa shape index (κ2) is 8.27. The van der Waals surface area contributed by atoms with Crippen molar-refractivity contribution >= 4 is 5.91 Å². The number of nitrogens with zero attached hydrogens (tertiary/aromatic N) is 3. The molecule has 0 bridgehead atoms. The van der Waals surface area contributed by atoms with Crippen molar-refractivity contribution in [1.82, 2.24) is 9.58 Å². The van der Waals surface area contributed by atoms with Crippen LogP contribution in [0.2, 0.25) is 0 Å².